The van der Waals surface area contributed by atoms with Crippen LogP contribution in [0.2, 0.25) is 0 Å². The molecule has 0 aromatic heterocycles. The van der Waals surface area contributed by atoms with Crippen LogP contribution >= 0.6 is 0 Å². The predicted octanol–water partition coefficient (Wildman–Crippen LogP) is 2.53. The minimum Gasteiger partial charge on any atom is -0.355 e. The van der Waals surface area contributed by atoms with Crippen molar-refractivity contribution >= 4 is 11.8 Å². The van der Waals surface area contributed by atoms with E-state index < -0.39 is 0 Å². The van der Waals surface area contributed by atoms with Crippen LogP contribution in [-0.2, 0) is 22.6 Å². The smallest absolute Gasteiger partial charge is 0.225 e. The van der Waals surface area contributed by atoms with E-state index >= 15 is 0 Å². The zero-order chi connectivity index (χ0) is 17.6. The molecule has 0 saturated carbocycles. The number of likely N-dealkylation sites (tertiary alicyclic amines) is 1. The first-order chi connectivity index (χ1) is 12.1. The molecule has 3 rings (SSSR count). The number of carbonyl (C=O) groups is 2. The lowest BCUT2D eigenvalue weighted by Crippen LogP contribution is -2.34. The maximum Gasteiger partial charge on any atom is 0.225 e. The van der Waals surface area contributed by atoms with Gasteiger partial charge in [0.05, 0.1) is 5.92 Å². The lowest BCUT2D eigenvalue weighted by molar-refractivity contribution is -0.129. The van der Waals surface area contributed by atoms with Gasteiger partial charge in [-0.1, -0.05) is 48.5 Å². The molecule has 130 valence electrons. The van der Waals surface area contributed by atoms with Gasteiger partial charge in [-0.15, -0.1) is 0 Å². The summed E-state index contributed by atoms with van der Waals surface area (Å²) < 4.78 is 13.7. The molecule has 0 unspecified atom stereocenters. The fourth-order valence-electron chi connectivity index (χ4n) is 3.05. The number of hydrogen-bond donors (Lipinski definition) is 1. The number of nitrogens with one attached hydrogen (secondary N) is 1. The number of hydrogen-bond acceptors (Lipinski definition) is 2. The maximum absolute atomic E-state index is 13.7. The summed E-state index contributed by atoms with van der Waals surface area (Å²) >= 11 is 0. The molecule has 4 nitrogen and oxygen atoms in total. The van der Waals surface area contributed by atoms with Crippen LogP contribution in [0.1, 0.15) is 17.5 Å². The van der Waals surface area contributed by atoms with Gasteiger partial charge in [0, 0.05) is 31.6 Å². The van der Waals surface area contributed by atoms with Crippen molar-refractivity contribution in [1.29, 1.82) is 0 Å². The first kappa shape index (κ1) is 17.1. The van der Waals surface area contributed by atoms with Crippen molar-refractivity contribution in [1.82, 2.24) is 10.2 Å². The summed E-state index contributed by atoms with van der Waals surface area (Å²) in [7, 11) is 0. The van der Waals surface area contributed by atoms with Gasteiger partial charge >= 0.3 is 0 Å². The number of halogens is 1. The number of nitrogens with zero attached hydrogens (tertiary/aromatic N) is 1. The van der Waals surface area contributed by atoms with Crippen molar-refractivity contribution in [2.24, 2.45) is 5.92 Å². The second kappa shape index (κ2) is 7.92. The highest BCUT2D eigenvalue weighted by Gasteiger charge is 2.34. The van der Waals surface area contributed by atoms with E-state index in [1.54, 1.807) is 23.1 Å². The molecular weight excluding hydrogens is 319 g/mol. The summed E-state index contributed by atoms with van der Waals surface area (Å²) in [5, 5.41) is 2.90. The molecule has 1 fully saturated rings. The summed E-state index contributed by atoms with van der Waals surface area (Å²) in [6.45, 7) is 1.09. The molecule has 0 aliphatic carbocycles. The van der Waals surface area contributed by atoms with Gasteiger partial charge in [0.25, 0.3) is 0 Å². The molecule has 0 bridgehead atoms. The van der Waals surface area contributed by atoms with Gasteiger partial charge in [-0.25, -0.2) is 4.39 Å². The Morgan fingerprint density at radius 3 is 2.60 bits per heavy atom. The minimum atomic E-state index is -0.366. The van der Waals surface area contributed by atoms with Crippen LogP contribution < -0.4 is 5.32 Å². The van der Waals surface area contributed by atoms with E-state index in [0.29, 0.717) is 18.7 Å². The first-order valence-electron chi connectivity index (χ1n) is 8.46. The lowest BCUT2D eigenvalue weighted by Gasteiger charge is -2.17. The van der Waals surface area contributed by atoms with Crippen molar-refractivity contribution in [2.75, 3.05) is 13.1 Å². The molecule has 5 heteroatoms. The van der Waals surface area contributed by atoms with Gasteiger partial charge in [-0.05, 0) is 18.1 Å². The normalized spacial score (nSPS) is 16.9. The first-order valence-corrected chi connectivity index (χ1v) is 8.46. The van der Waals surface area contributed by atoms with Crippen LogP contribution in [0.15, 0.2) is 54.6 Å². The second-order valence-corrected chi connectivity index (χ2v) is 6.29. The summed E-state index contributed by atoms with van der Waals surface area (Å²) in [6, 6.07) is 16.3. The summed E-state index contributed by atoms with van der Waals surface area (Å²) in [5.74, 6) is -0.909. The molecule has 1 aliphatic rings. The zero-order valence-corrected chi connectivity index (χ0v) is 14.0. The fraction of sp³-hybridized carbons (Fsp3) is 0.300. The van der Waals surface area contributed by atoms with Gasteiger partial charge < -0.3 is 10.2 Å². The molecule has 0 spiro atoms. The monoisotopic (exact) mass is 340 g/mol. The van der Waals surface area contributed by atoms with E-state index in [-0.39, 0.29) is 36.5 Å². The van der Waals surface area contributed by atoms with Gasteiger partial charge in [-0.2, -0.15) is 0 Å². The van der Waals surface area contributed by atoms with Crippen molar-refractivity contribution in [3.05, 3.63) is 71.5 Å². The van der Waals surface area contributed by atoms with Crippen molar-refractivity contribution in [3.63, 3.8) is 0 Å². The third kappa shape index (κ3) is 4.44. The highest BCUT2D eigenvalue weighted by molar-refractivity contribution is 5.89. The Morgan fingerprint density at radius 2 is 1.84 bits per heavy atom. The SMILES string of the molecule is O=C(NCCc1ccccc1)[C@@H]1CC(=O)N(Cc2ccccc2F)C1. The van der Waals surface area contributed by atoms with E-state index in [9.17, 15) is 14.0 Å². The van der Waals surface area contributed by atoms with E-state index in [2.05, 4.69) is 5.32 Å². The molecule has 1 N–H and O–H groups in total. The Morgan fingerprint density at radius 1 is 1.12 bits per heavy atom. The molecule has 1 aliphatic heterocycles. The zero-order valence-electron chi connectivity index (χ0n) is 14.0. The van der Waals surface area contributed by atoms with Crippen LogP contribution in [-0.4, -0.2) is 29.8 Å². The van der Waals surface area contributed by atoms with Crippen LogP contribution in [0.3, 0.4) is 0 Å². The molecule has 1 atom stereocenters. The average Bonchev–Trinajstić information content (AvgIpc) is 2.99. The number of amides is 2. The summed E-state index contributed by atoms with van der Waals surface area (Å²) in [4.78, 5) is 26.0. The molecule has 2 amide bonds. The highest BCUT2D eigenvalue weighted by atomic mass is 19.1. The Bertz CT molecular complexity index is 748. The molecular formula is C20H21FN2O2. The molecule has 0 radical (unpaired) electrons. The van der Waals surface area contributed by atoms with E-state index in [1.165, 1.54) is 6.07 Å². The van der Waals surface area contributed by atoms with Crippen molar-refractivity contribution < 1.29 is 14.0 Å². The number of rotatable bonds is 6. The largest absolute Gasteiger partial charge is 0.355 e. The summed E-state index contributed by atoms with van der Waals surface area (Å²) in [5.41, 5.74) is 1.63. The highest BCUT2D eigenvalue weighted by Crippen LogP contribution is 2.21. The van der Waals surface area contributed by atoms with Crippen molar-refractivity contribution in [3.8, 4) is 0 Å². The maximum atomic E-state index is 13.7. The van der Waals surface area contributed by atoms with E-state index in [1.807, 2.05) is 30.3 Å². The van der Waals surface area contributed by atoms with Gasteiger partial charge in [0.2, 0.25) is 11.8 Å². The van der Waals surface area contributed by atoms with E-state index in [0.717, 1.165) is 12.0 Å². The second-order valence-electron chi connectivity index (χ2n) is 6.29. The van der Waals surface area contributed by atoms with E-state index in [4.69, 9.17) is 0 Å². The topological polar surface area (TPSA) is 49.4 Å². The quantitative estimate of drug-likeness (QED) is 0.878. The van der Waals surface area contributed by atoms with Crippen LogP contribution in [0, 0.1) is 11.7 Å². The fourth-order valence-corrected chi connectivity index (χ4v) is 3.05. The van der Waals surface area contributed by atoms with Crippen LogP contribution in [0.5, 0.6) is 0 Å². The Balaban J connectivity index is 1.50. The Kier molecular flexibility index (Phi) is 5.43. The van der Waals surface area contributed by atoms with Gasteiger partial charge in [0.1, 0.15) is 5.82 Å². The summed E-state index contributed by atoms with van der Waals surface area (Å²) in [6.07, 6.45) is 0.942. The van der Waals surface area contributed by atoms with Gasteiger partial charge in [0.15, 0.2) is 0 Å². The number of benzene rings is 2. The van der Waals surface area contributed by atoms with Crippen LogP contribution in [0.25, 0.3) is 0 Å². The standard InChI is InChI=1S/C20H21FN2O2/c21-18-9-5-4-8-16(18)13-23-14-17(12-19(23)24)20(25)22-11-10-15-6-2-1-3-7-15/h1-9,17H,10-14H2,(H,22,25)/t17-/m1/s1. The van der Waals surface area contributed by atoms with Crippen LogP contribution in [0.4, 0.5) is 4.39 Å². The average molecular weight is 340 g/mol. The van der Waals surface area contributed by atoms with Crippen molar-refractivity contribution in [2.45, 2.75) is 19.4 Å². The number of carbonyl (C=O) groups excluding carboxylic acids is 2. The van der Waals surface area contributed by atoms with Gasteiger partial charge in [-0.3, -0.25) is 9.59 Å². The molecule has 1 heterocycles. The lowest BCUT2D eigenvalue weighted by atomic mass is 10.1. The molecule has 2 aromatic rings. The third-order valence-electron chi connectivity index (χ3n) is 4.46. The predicted molar refractivity (Wildman–Crippen MR) is 93.1 cm³/mol. The Hall–Kier alpha value is -2.69. The molecule has 1 saturated heterocycles. The molecule has 2 aromatic carbocycles. The Labute approximate surface area is 146 Å². The third-order valence-corrected chi connectivity index (χ3v) is 4.46. The minimum absolute atomic E-state index is 0.105. The molecule has 25 heavy (non-hydrogen) atoms.